The van der Waals surface area contributed by atoms with Gasteiger partial charge in [-0.15, -0.1) is 11.8 Å². The minimum Gasteiger partial charge on any atom is -0.444 e. The van der Waals surface area contributed by atoms with Crippen LogP contribution in [0.3, 0.4) is 0 Å². The number of likely N-dealkylation sites (tertiary alicyclic amines) is 1. The Hall–Kier alpha value is -3.29. The highest BCUT2D eigenvalue weighted by atomic mass is 32.2. The molecule has 1 aliphatic rings. The number of hydrogen-bond acceptors (Lipinski definition) is 5. The van der Waals surface area contributed by atoms with Gasteiger partial charge >= 0.3 is 6.09 Å². The van der Waals surface area contributed by atoms with Crippen molar-refractivity contribution in [2.75, 3.05) is 26.7 Å². The number of likely N-dealkylation sites (N-methyl/N-ethyl adjacent to an activating group) is 1. The molecule has 0 saturated carbocycles. The molecule has 1 heterocycles. The zero-order valence-corrected chi connectivity index (χ0v) is 31.7. The van der Waals surface area contributed by atoms with Gasteiger partial charge in [-0.05, 0) is 62.8 Å². The van der Waals surface area contributed by atoms with Crippen molar-refractivity contribution in [3.05, 3.63) is 108 Å². The zero-order chi connectivity index (χ0) is 35.4. The third-order valence-corrected chi connectivity index (χ3v) is 11.5. The first-order valence-corrected chi connectivity index (χ1v) is 19.2. The van der Waals surface area contributed by atoms with Gasteiger partial charge in [-0.2, -0.15) is 0 Å². The van der Waals surface area contributed by atoms with E-state index in [9.17, 15) is 9.59 Å². The van der Waals surface area contributed by atoms with Crippen LogP contribution >= 0.6 is 11.8 Å². The fraction of sp³-hybridized carbons (Fsp3) is 0.524. The van der Waals surface area contributed by atoms with Gasteiger partial charge in [0.15, 0.2) is 0 Å². The van der Waals surface area contributed by atoms with Crippen LogP contribution in [-0.2, 0) is 14.3 Å². The molecule has 1 N–H and O–H groups in total. The van der Waals surface area contributed by atoms with Crippen LogP contribution in [0.15, 0.2) is 91.0 Å². The van der Waals surface area contributed by atoms with E-state index in [4.69, 9.17) is 4.74 Å². The van der Waals surface area contributed by atoms with E-state index in [2.05, 4.69) is 122 Å². The Kier molecular flexibility index (Phi) is 14.2. The van der Waals surface area contributed by atoms with Crippen LogP contribution in [0.2, 0.25) is 0 Å². The molecule has 0 aromatic heterocycles. The van der Waals surface area contributed by atoms with Gasteiger partial charge in [0.05, 0.1) is 10.8 Å². The summed E-state index contributed by atoms with van der Waals surface area (Å²) in [6.45, 7) is 14.3. The number of carbonyl (C=O) groups is 2. The fourth-order valence-electron chi connectivity index (χ4n) is 7.16. The molecule has 3 aromatic rings. The Labute approximate surface area is 300 Å². The highest BCUT2D eigenvalue weighted by molar-refractivity contribution is 8.01. The summed E-state index contributed by atoms with van der Waals surface area (Å²) in [5.41, 5.74) is 3.01. The Bertz CT molecular complexity index is 1330. The molecule has 0 spiro atoms. The molecule has 1 aliphatic heterocycles. The SMILES string of the molecule is CCCCCCN(CC1CC(SC(c2ccccc2)(c2ccccc2)c2ccccc2)CN1C(=O)OC(C)(C)C)[C@H](C(=O)NC)C(C)CC. The largest absolute Gasteiger partial charge is 0.444 e. The number of benzene rings is 3. The van der Waals surface area contributed by atoms with Crippen molar-refractivity contribution in [1.82, 2.24) is 15.1 Å². The molecule has 49 heavy (non-hydrogen) atoms. The molecular weight excluding hydrogens is 627 g/mol. The van der Waals surface area contributed by atoms with Crippen molar-refractivity contribution < 1.29 is 14.3 Å². The monoisotopic (exact) mass is 685 g/mol. The molecule has 0 bridgehead atoms. The fourth-order valence-corrected chi connectivity index (χ4v) is 9.03. The van der Waals surface area contributed by atoms with E-state index in [1.807, 2.05) is 37.4 Å². The summed E-state index contributed by atoms with van der Waals surface area (Å²) in [6, 6.07) is 31.9. The van der Waals surface area contributed by atoms with Crippen molar-refractivity contribution in [3.63, 3.8) is 0 Å². The van der Waals surface area contributed by atoms with E-state index < -0.39 is 10.3 Å². The second-order valence-electron chi connectivity index (χ2n) is 14.5. The summed E-state index contributed by atoms with van der Waals surface area (Å²) in [5, 5.41) is 3.07. The number of ether oxygens (including phenoxy) is 1. The van der Waals surface area contributed by atoms with Crippen LogP contribution in [-0.4, -0.2) is 71.4 Å². The predicted molar refractivity (Wildman–Crippen MR) is 205 cm³/mol. The molecule has 3 aromatic carbocycles. The van der Waals surface area contributed by atoms with E-state index in [1.165, 1.54) is 23.1 Å². The Balaban J connectivity index is 1.77. The van der Waals surface area contributed by atoms with Crippen LogP contribution in [0.25, 0.3) is 0 Å². The maximum absolute atomic E-state index is 14.0. The van der Waals surface area contributed by atoms with Gasteiger partial charge in [-0.3, -0.25) is 9.69 Å². The first-order chi connectivity index (χ1) is 23.5. The van der Waals surface area contributed by atoms with Crippen LogP contribution < -0.4 is 5.32 Å². The third-order valence-electron chi connectivity index (χ3n) is 9.72. The molecule has 0 radical (unpaired) electrons. The summed E-state index contributed by atoms with van der Waals surface area (Å²) < 4.78 is 5.56. The molecule has 1 fully saturated rings. The van der Waals surface area contributed by atoms with Crippen LogP contribution in [0, 0.1) is 5.92 Å². The second kappa shape index (κ2) is 18.1. The Morgan fingerprint density at radius 1 is 0.878 bits per heavy atom. The highest BCUT2D eigenvalue weighted by Crippen LogP contribution is 2.52. The summed E-state index contributed by atoms with van der Waals surface area (Å²) in [5.74, 6) is 0.225. The molecule has 7 heteroatoms. The van der Waals surface area contributed by atoms with E-state index >= 15 is 0 Å². The molecular formula is C42H59N3O3S. The number of rotatable bonds is 16. The third kappa shape index (κ3) is 9.91. The molecule has 1 saturated heterocycles. The van der Waals surface area contributed by atoms with Crippen LogP contribution in [0.1, 0.15) is 96.8 Å². The number of unbranched alkanes of at least 4 members (excludes halogenated alkanes) is 3. The lowest BCUT2D eigenvalue weighted by Crippen LogP contribution is -2.54. The first kappa shape index (κ1) is 38.5. The molecule has 266 valence electrons. The standard InChI is InChI=1S/C42H59N3O3S/c1-8-10-11-21-28-44(38(32(3)9-2)39(46)43-7)30-36-29-37(31-45(36)40(47)48-41(4,5)6)49-42(33-22-15-12-16-23-33,34-24-17-13-18-25-34)35-26-19-14-20-27-35/h12-20,22-27,32,36-38H,8-11,21,28-31H2,1-7H3,(H,43,46)/t32?,36?,37?,38-/m0/s1. The normalized spacial score (nSPS) is 17.9. The predicted octanol–water partition coefficient (Wildman–Crippen LogP) is 9.13. The van der Waals surface area contributed by atoms with E-state index in [1.54, 1.807) is 7.05 Å². The van der Waals surface area contributed by atoms with Crippen molar-refractivity contribution in [1.29, 1.82) is 0 Å². The van der Waals surface area contributed by atoms with Crippen molar-refractivity contribution in [2.24, 2.45) is 5.92 Å². The summed E-state index contributed by atoms with van der Waals surface area (Å²) in [4.78, 5) is 31.8. The van der Waals surface area contributed by atoms with Gasteiger partial charge in [0.2, 0.25) is 5.91 Å². The van der Waals surface area contributed by atoms with Gasteiger partial charge in [0.1, 0.15) is 5.60 Å². The average Bonchev–Trinajstić information content (AvgIpc) is 3.51. The van der Waals surface area contributed by atoms with Crippen molar-refractivity contribution >= 4 is 23.8 Å². The summed E-state index contributed by atoms with van der Waals surface area (Å²) >= 11 is 1.94. The number of carbonyl (C=O) groups excluding carboxylic acids is 2. The van der Waals surface area contributed by atoms with Crippen LogP contribution in [0.5, 0.6) is 0 Å². The minimum absolute atomic E-state index is 0.0498. The molecule has 6 nitrogen and oxygen atoms in total. The van der Waals surface area contributed by atoms with E-state index in [0.29, 0.717) is 13.1 Å². The van der Waals surface area contributed by atoms with Gasteiger partial charge in [-0.25, -0.2) is 4.79 Å². The number of nitrogens with zero attached hydrogens (tertiary/aromatic N) is 2. The maximum Gasteiger partial charge on any atom is 0.410 e. The van der Waals surface area contributed by atoms with Gasteiger partial charge in [0, 0.05) is 31.4 Å². The average molecular weight is 686 g/mol. The minimum atomic E-state index is -0.615. The number of thioether (sulfide) groups is 1. The molecule has 2 amide bonds. The molecule has 4 atom stereocenters. The lowest BCUT2D eigenvalue weighted by molar-refractivity contribution is -0.128. The smallest absolute Gasteiger partial charge is 0.410 e. The van der Waals surface area contributed by atoms with E-state index in [0.717, 1.165) is 38.6 Å². The topological polar surface area (TPSA) is 61.9 Å². The number of nitrogens with one attached hydrogen (secondary N) is 1. The van der Waals surface area contributed by atoms with Gasteiger partial charge < -0.3 is 15.0 Å². The molecule has 0 aliphatic carbocycles. The summed E-state index contributed by atoms with van der Waals surface area (Å²) in [6.07, 6.45) is 5.89. The molecule has 4 rings (SSSR count). The zero-order valence-electron chi connectivity index (χ0n) is 30.9. The second-order valence-corrected chi connectivity index (χ2v) is 16.1. The highest BCUT2D eigenvalue weighted by Gasteiger charge is 2.46. The summed E-state index contributed by atoms with van der Waals surface area (Å²) in [7, 11) is 1.73. The Morgan fingerprint density at radius 3 is 1.86 bits per heavy atom. The van der Waals surface area contributed by atoms with Crippen LogP contribution in [0.4, 0.5) is 4.79 Å². The van der Waals surface area contributed by atoms with Crippen molar-refractivity contribution in [3.8, 4) is 0 Å². The molecule has 3 unspecified atom stereocenters. The number of amides is 2. The Morgan fingerprint density at radius 2 is 1.41 bits per heavy atom. The van der Waals surface area contributed by atoms with E-state index in [-0.39, 0.29) is 35.3 Å². The van der Waals surface area contributed by atoms with Crippen molar-refractivity contribution in [2.45, 2.75) is 108 Å². The maximum atomic E-state index is 14.0. The lowest BCUT2D eigenvalue weighted by Gasteiger charge is -2.38. The number of hydrogen-bond donors (Lipinski definition) is 1. The van der Waals surface area contributed by atoms with Gasteiger partial charge in [0.25, 0.3) is 0 Å². The van der Waals surface area contributed by atoms with Gasteiger partial charge in [-0.1, -0.05) is 137 Å². The lowest BCUT2D eigenvalue weighted by atomic mass is 9.84. The quantitative estimate of drug-likeness (QED) is 0.120. The first-order valence-electron chi connectivity index (χ1n) is 18.3.